The number of rotatable bonds is 4. The Balaban J connectivity index is 1.73. The lowest BCUT2D eigenvalue weighted by Crippen LogP contribution is -2.38. The maximum absolute atomic E-state index is 13.7. The van der Waals surface area contributed by atoms with Crippen LogP contribution in [0.3, 0.4) is 0 Å². The Morgan fingerprint density at radius 2 is 2.18 bits per heavy atom. The molecule has 0 bridgehead atoms. The molecule has 1 atom stereocenters. The van der Waals surface area contributed by atoms with Crippen LogP contribution in [0.5, 0.6) is 0 Å². The third-order valence-electron chi connectivity index (χ3n) is 3.63. The van der Waals surface area contributed by atoms with Gasteiger partial charge in [-0.2, -0.15) is 0 Å². The van der Waals surface area contributed by atoms with Crippen LogP contribution in [-0.2, 0) is 11.3 Å². The molecule has 0 aromatic carbocycles. The van der Waals surface area contributed by atoms with Crippen molar-refractivity contribution in [2.24, 2.45) is 0 Å². The molecule has 7 heteroatoms. The van der Waals surface area contributed by atoms with Gasteiger partial charge in [-0.15, -0.1) is 0 Å². The zero-order valence-electron chi connectivity index (χ0n) is 12.4. The number of anilines is 1. The molecule has 1 N–H and O–H groups in total. The van der Waals surface area contributed by atoms with E-state index in [1.165, 1.54) is 6.07 Å². The number of morpholine rings is 1. The quantitative estimate of drug-likeness (QED) is 0.926. The second-order valence-electron chi connectivity index (χ2n) is 5.07. The fourth-order valence-corrected chi connectivity index (χ4v) is 2.54. The molecule has 2 aromatic rings. The third kappa shape index (κ3) is 3.20. The maximum atomic E-state index is 13.7. The van der Waals surface area contributed by atoms with Crippen LogP contribution in [0.1, 0.15) is 17.5 Å². The summed E-state index contributed by atoms with van der Waals surface area (Å²) in [6, 6.07) is 3.03. The SMILES string of the molecule is CNc1nccnc1C1CN(Cc2ncccc2F)CCO1. The minimum atomic E-state index is -0.277. The van der Waals surface area contributed by atoms with E-state index in [0.29, 0.717) is 31.2 Å². The molecule has 3 rings (SSSR count). The van der Waals surface area contributed by atoms with Crippen LogP contribution in [0.2, 0.25) is 0 Å². The van der Waals surface area contributed by atoms with E-state index in [9.17, 15) is 4.39 Å². The number of halogens is 1. The van der Waals surface area contributed by atoms with Crippen molar-refractivity contribution in [1.82, 2.24) is 19.9 Å². The zero-order chi connectivity index (χ0) is 15.4. The van der Waals surface area contributed by atoms with Crippen molar-refractivity contribution >= 4 is 5.82 Å². The molecule has 116 valence electrons. The molecule has 0 saturated carbocycles. The van der Waals surface area contributed by atoms with Crippen molar-refractivity contribution in [2.75, 3.05) is 32.1 Å². The Kier molecular flexibility index (Phi) is 4.55. The highest BCUT2D eigenvalue weighted by molar-refractivity contribution is 5.40. The molecule has 3 heterocycles. The summed E-state index contributed by atoms with van der Waals surface area (Å²) < 4.78 is 19.5. The van der Waals surface area contributed by atoms with Gasteiger partial charge in [0, 0.05) is 45.3 Å². The van der Waals surface area contributed by atoms with E-state index in [0.717, 1.165) is 12.2 Å². The van der Waals surface area contributed by atoms with E-state index in [4.69, 9.17) is 4.74 Å². The Hall–Kier alpha value is -2.12. The first-order chi connectivity index (χ1) is 10.8. The normalized spacial score (nSPS) is 19.1. The first kappa shape index (κ1) is 14.8. The minimum Gasteiger partial charge on any atom is -0.372 e. The Morgan fingerprint density at radius 3 is 3.00 bits per heavy atom. The second kappa shape index (κ2) is 6.76. The van der Waals surface area contributed by atoms with Crippen molar-refractivity contribution in [3.63, 3.8) is 0 Å². The predicted octanol–water partition coefficient (Wildman–Crippen LogP) is 1.63. The average Bonchev–Trinajstić information content (AvgIpc) is 2.57. The molecular weight excluding hydrogens is 285 g/mol. The van der Waals surface area contributed by atoms with E-state index >= 15 is 0 Å². The highest BCUT2D eigenvalue weighted by Crippen LogP contribution is 2.25. The number of ether oxygens (including phenoxy) is 1. The lowest BCUT2D eigenvalue weighted by atomic mass is 10.2. The van der Waals surface area contributed by atoms with Gasteiger partial charge in [0.2, 0.25) is 0 Å². The van der Waals surface area contributed by atoms with Gasteiger partial charge in [0.1, 0.15) is 23.4 Å². The Bertz CT molecular complexity index is 639. The monoisotopic (exact) mass is 303 g/mol. The molecule has 1 fully saturated rings. The number of aromatic nitrogens is 3. The van der Waals surface area contributed by atoms with Crippen LogP contribution in [0, 0.1) is 5.82 Å². The lowest BCUT2D eigenvalue weighted by Gasteiger charge is -2.32. The summed E-state index contributed by atoms with van der Waals surface area (Å²) in [6.45, 7) is 2.39. The van der Waals surface area contributed by atoms with Gasteiger partial charge in [0.05, 0.1) is 12.3 Å². The molecule has 2 aromatic heterocycles. The molecular formula is C15H18FN5O. The molecule has 0 spiro atoms. The molecule has 1 aliphatic rings. The summed E-state index contributed by atoms with van der Waals surface area (Å²) in [5, 5.41) is 3.02. The first-order valence-electron chi connectivity index (χ1n) is 7.20. The number of nitrogens with one attached hydrogen (secondary N) is 1. The molecule has 6 nitrogen and oxygen atoms in total. The van der Waals surface area contributed by atoms with Crippen LogP contribution in [0.15, 0.2) is 30.7 Å². The number of pyridine rings is 1. The predicted molar refractivity (Wildman–Crippen MR) is 79.7 cm³/mol. The lowest BCUT2D eigenvalue weighted by molar-refractivity contribution is -0.0354. The smallest absolute Gasteiger partial charge is 0.150 e. The van der Waals surface area contributed by atoms with Crippen molar-refractivity contribution in [2.45, 2.75) is 12.6 Å². The summed E-state index contributed by atoms with van der Waals surface area (Å²) >= 11 is 0. The largest absolute Gasteiger partial charge is 0.372 e. The van der Waals surface area contributed by atoms with Crippen LogP contribution < -0.4 is 5.32 Å². The van der Waals surface area contributed by atoms with Gasteiger partial charge >= 0.3 is 0 Å². The molecule has 0 aliphatic carbocycles. The van der Waals surface area contributed by atoms with E-state index in [1.54, 1.807) is 31.7 Å². The van der Waals surface area contributed by atoms with Gasteiger partial charge in [0.25, 0.3) is 0 Å². The molecule has 1 aliphatic heterocycles. The van der Waals surface area contributed by atoms with Crippen molar-refractivity contribution in [3.05, 3.63) is 47.9 Å². The number of hydrogen-bond donors (Lipinski definition) is 1. The second-order valence-corrected chi connectivity index (χ2v) is 5.07. The van der Waals surface area contributed by atoms with Crippen LogP contribution in [0.4, 0.5) is 10.2 Å². The van der Waals surface area contributed by atoms with Crippen molar-refractivity contribution in [3.8, 4) is 0 Å². The highest BCUT2D eigenvalue weighted by Gasteiger charge is 2.26. The van der Waals surface area contributed by atoms with Gasteiger partial charge in [-0.25, -0.2) is 9.37 Å². The Morgan fingerprint density at radius 1 is 1.32 bits per heavy atom. The van der Waals surface area contributed by atoms with E-state index in [1.807, 2.05) is 0 Å². The molecule has 22 heavy (non-hydrogen) atoms. The van der Waals surface area contributed by atoms with Gasteiger partial charge < -0.3 is 10.1 Å². The summed E-state index contributed by atoms with van der Waals surface area (Å²) in [5.74, 6) is 0.430. The molecule has 1 unspecified atom stereocenters. The third-order valence-corrected chi connectivity index (χ3v) is 3.63. The summed E-state index contributed by atoms with van der Waals surface area (Å²) in [6.07, 6.45) is 4.71. The molecule has 1 saturated heterocycles. The fourth-order valence-electron chi connectivity index (χ4n) is 2.54. The zero-order valence-corrected chi connectivity index (χ0v) is 12.4. The number of hydrogen-bond acceptors (Lipinski definition) is 6. The van der Waals surface area contributed by atoms with Crippen LogP contribution >= 0.6 is 0 Å². The maximum Gasteiger partial charge on any atom is 0.150 e. The van der Waals surface area contributed by atoms with Gasteiger partial charge in [-0.3, -0.25) is 14.9 Å². The average molecular weight is 303 g/mol. The Labute approximate surface area is 128 Å². The molecule has 0 radical (unpaired) electrons. The highest BCUT2D eigenvalue weighted by atomic mass is 19.1. The van der Waals surface area contributed by atoms with Crippen LogP contribution in [-0.4, -0.2) is 46.6 Å². The first-order valence-corrected chi connectivity index (χ1v) is 7.20. The fraction of sp³-hybridized carbons (Fsp3) is 0.400. The van der Waals surface area contributed by atoms with Gasteiger partial charge in [0.15, 0.2) is 0 Å². The minimum absolute atomic E-state index is 0.184. The summed E-state index contributed by atoms with van der Waals surface area (Å²) in [7, 11) is 1.80. The van der Waals surface area contributed by atoms with E-state index < -0.39 is 0 Å². The van der Waals surface area contributed by atoms with Crippen molar-refractivity contribution in [1.29, 1.82) is 0 Å². The van der Waals surface area contributed by atoms with Gasteiger partial charge in [-0.1, -0.05) is 0 Å². The summed E-state index contributed by atoms with van der Waals surface area (Å²) in [5.41, 5.74) is 1.23. The van der Waals surface area contributed by atoms with Crippen LogP contribution in [0.25, 0.3) is 0 Å². The standard InChI is InChI=1S/C15H18FN5O/c1-17-15-14(19-5-6-20-15)13-10-21(7-8-22-13)9-12-11(16)3-2-4-18-12/h2-6,13H,7-10H2,1H3,(H,17,20). The number of nitrogens with zero attached hydrogens (tertiary/aromatic N) is 4. The summed E-state index contributed by atoms with van der Waals surface area (Å²) in [4.78, 5) is 14.8. The van der Waals surface area contributed by atoms with E-state index in [2.05, 4.69) is 25.2 Å². The van der Waals surface area contributed by atoms with Crippen molar-refractivity contribution < 1.29 is 9.13 Å². The topological polar surface area (TPSA) is 63.2 Å². The van der Waals surface area contributed by atoms with Gasteiger partial charge in [-0.05, 0) is 12.1 Å². The molecule has 0 amide bonds. The van der Waals surface area contributed by atoms with E-state index in [-0.39, 0.29) is 11.9 Å².